The van der Waals surface area contributed by atoms with Gasteiger partial charge >= 0.3 is 11.9 Å². The van der Waals surface area contributed by atoms with Gasteiger partial charge in [-0.3, -0.25) is 4.79 Å². The lowest BCUT2D eigenvalue weighted by atomic mass is 10.1. The third kappa shape index (κ3) is 4.37. The van der Waals surface area contributed by atoms with Gasteiger partial charge in [-0.25, -0.2) is 14.6 Å². The van der Waals surface area contributed by atoms with Gasteiger partial charge in [-0.1, -0.05) is 42.5 Å². The van der Waals surface area contributed by atoms with Crippen molar-refractivity contribution in [3.63, 3.8) is 0 Å². The highest BCUT2D eigenvalue weighted by atomic mass is 16.4. The van der Waals surface area contributed by atoms with Crippen LogP contribution in [0.25, 0.3) is 28.0 Å². The van der Waals surface area contributed by atoms with Crippen molar-refractivity contribution in [2.75, 3.05) is 0 Å². The first-order valence-electron chi connectivity index (χ1n) is 11.7. The predicted molar refractivity (Wildman–Crippen MR) is 144 cm³/mol. The molecule has 5 aromatic rings. The molecule has 2 N–H and O–H groups in total. The molecule has 0 atom stereocenters. The number of aryl methyl sites for hydroxylation is 1. The molecular weight excluding hydrogens is 484 g/mol. The first-order chi connectivity index (χ1) is 18.2. The number of rotatable bonds is 6. The Labute approximate surface area is 216 Å². The summed E-state index contributed by atoms with van der Waals surface area (Å²) in [5.74, 6) is -2.06. The van der Waals surface area contributed by atoms with E-state index < -0.39 is 11.9 Å². The number of fused-ring (bicyclic) bond motifs is 1. The second kappa shape index (κ2) is 9.62. The molecule has 0 amide bonds. The van der Waals surface area contributed by atoms with Crippen LogP contribution in [0.3, 0.4) is 0 Å². The highest BCUT2D eigenvalue weighted by molar-refractivity contribution is 5.95. The molecule has 5 rings (SSSR count). The Kier molecular flexibility index (Phi) is 6.18. The van der Waals surface area contributed by atoms with Gasteiger partial charge in [-0.05, 0) is 50.2 Å². The van der Waals surface area contributed by atoms with Crippen molar-refractivity contribution in [2.45, 2.75) is 13.8 Å². The van der Waals surface area contributed by atoms with Gasteiger partial charge < -0.3 is 14.8 Å². The van der Waals surface area contributed by atoms with Crippen molar-refractivity contribution >= 4 is 29.1 Å². The molecule has 0 aliphatic heterocycles. The van der Waals surface area contributed by atoms with Crippen molar-refractivity contribution in [1.82, 2.24) is 14.2 Å². The lowest BCUT2D eigenvalue weighted by Crippen LogP contribution is -2.20. The minimum absolute atomic E-state index is 0.135. The van der Waals surface area contributed by atoms with Crippen LogP contribution in [0.4, 0.5) is 0 Å². The van der Waals surface area contributed by atoms with Gasteiger partial charge in [-0.2, -0.15) is 9.78 Å². The SMILES string of the molecule is Cc1cc(C=Nn2c(-c3ccccc3)nc3ccccc3c2=O)c(C)n1-c1cc(C(=O)O)cc(C(=O)O)c1. The lowest BCUT2D eigenvalue weighted by Gasteiger charge is -2.12. The van der Waals surface area contributed by atoms with Gasteiger partial charge in [0.25, 0.3) is 5.56 Å². The van der Waals surface area contributed by atoms with Crippen LogP contribution in [0.2, 0.25) is 0 Å². The zero-order valence-corrected chi connectivity index (χ0v) is 20.5. The van der Waals surface area contributed by atoms with E-state index in [1.54, 1.807) is 29.0 Å². The Morgan fingerprint density at radius 3 is 2.16 bits per heavy atom. The summed E-state index contributed by atoms with van der Waals surface area (Å²) in [6.07, 6.45) is 1.54. The molecule has 0 unspecified atom stereocenters. The molecule has 38 heavy (non-hydrogen) atoms. The van der Waals surface area contributed by atoms with E-state index in [0.29, 0.717) is 33.7 Å². The molecule has 0 aliphatic carbocycles. The second-order valence-electron chi connectivity index (χ2n) is 8.72. The number of aromatic nitrogens is 3. The van der Waals surface area contributed by atoms with E-state index in [9.17, 15) is 24.6 Å². The molecule has 0 spiro atoms. The van der Waals surface area contributed by atoms with Crippen LogP contribution < -0.4 is 5.56 Å². The molecule has 0 saturated heterocycles. The largest absolute Gasteiger partial charge is 0.478 e. The minimum Gasteiger partial charge on any atom is -0.478 e. The van der Waals surface area contributed by atoms with E-state index in [2.05, 4.69) is 5.10 Å². The predicted octanol–water partition coefficient (Wildman–Crippen LogP) is 4.75. The summed E-state index contributed by atoms with van der Waals surface area (Å²) in [6.45, 7) is 3.62. The van der Waals surface area contributed by atoms with E-state index in [1.807, 2.05) is 56.3 Å². The highest BCUT2D eigenvalue weighted by Gasteiger charge is 2.17. The topological polar surface area (TPSA) is 127 Å². The number of carboxylic acid groups (broad SMARTS) is 2. The summed E-state index contributed by atoms with van der Waals surface area (Å²) >= 11 is 0. The van der Waals surface area contributed by atoms with Gasteiger partial charge in [-0.15, -0.1) is 0 Å². The standard InChI is InChI=1S/C29H22N4O5/c1-17-12-22(18(2)32(17)23-14-20(28(35)36)13-21(15-23)29(37)38)16-30-33-26(19-8-4-3-5-9-19)31-25-11-7-6-10-24(25)27(33)34/h3-16H,1-2H3,(H,35,36)(H,37,38). The normalized spacial score (nSPS) is 11.3. The van der Waals surface area contributed by atoms with E-state index >= 15 is 0 Å². The number of benzene rings is 3. The number of nitrogens with zero attached hydrogens (tertiary/aromatic N) is 4. The van der Waals surface area contributed by atoms with E-state index in [-0.39, 0.29) is 16.7 Å². The second-order valence-corrected chi connectivity index (χ2v) is 8.72. The molecule has 9 nitrogen and oxygen atoms in total. The Morgan fingerprint density at radius 2 is 1.50 bits per heavy atom. The van der Waals surface area contributed by atoms with Crippen LogP contribution >= 0.6 is 0 Å². The molecule has 0 bridgehead atoms. The Bertz CT molecular complexity index is 1780. The number of aromatic carboxylic acids is 2. The minimum atomic E-state index is -1.23. The van der Waals surface area contributed by atoms with Crippen molar-refractivity contribution in [3.8, 4) is 17.1 Å². The maximum Gasteiger partial charge on any atom is 0.335 e. The van der Waals surface area contributed by atoms with Crippen LogP contribution in [0.5, 0.6) is 0 Å². The summed E-state index contributed by atoms with van der Waals surface area (Å²) < 4.78 is 3.01. The zero-order chi connectivity index (χ0) is 27.0. The summed E-state index contributed by atoms with van der Waals surface area (Å²) in [7, 11) is 0. The number of para-hydroxylation sites is 1. The molecule has 0 fully saturated rings. The number of hydrogen-bond acceptors (Lipinski definition) is 5. The van der Waals surface area contributed by atoms with Crippen LogP contribution in [0.15, 0.2) is 88.8 Å². The number of hydrogen-bond donors (Lipinski definition) is 2. The first-order valence-corrected chi connectivity index (χ1v) is 11.7. The highest BCUT2D eigenvalue weighted by Crippen LogP contribution is 2.23. The Morgan fingerprint density at radius 1 is 0.868 bits per heavy atom. The molecule has 0 saturated carbocycles. The molecule has 3 aromatic carbocycles. The van der Waals surface area contributed by atoms with Crippen LogP contribution in [0.1, 0.15) is 37.7 Å². The van der Waals surface area contributed by atoms with Crippen LogP contribution in [-0.2, 0) is 0 Å². The van der Waals surface area contributed by atoms with Gasteiger partial charge in [0, 0.05) is 28.2 Å². The van der Waals surface area contributed by atoms with Crippen LogP contribution in [-0.4, -0.2) is 42.6 Å². The maximum absolute atomic E-state index is 13.4. The quantitative estimate of drug-likeness (QED) is 0.320. The van der Waals surface area contributed by atoms with E-state index in [1.165, 1.54) is 16.8 Å². The molecule has 188 valence electrons. The lowest BCUT2D eigenvalue weighted by molar-refractivity contribution is 0.0696. The van der Waals surface area contributed by atoms with Crippen molar-refractivity contribution in [2.24, 2.45) is 5.10 Å². The van der Waals surface area contributed by atoms with Gasteiger partial charge in [0.2, 0.25) is 0 Å². The third-order valence-corrected chi connectivity index (χ3v) is 6.24. The van der Waals surface area contributed by atoms with Gasteiger partial charge in [0.15, 0.2) is 5.82 Å². The fraction of sp³-hybridized carbons (Fsp3) is 0.0690. The summed E-state index contributed by atoms with van der Waals surface area (Å²) in [4.78, 5) is 41.3. The third-order valence-electron chi connectivity index (χ3n) is 6.24. The smallest absolute Gasteiger partial charge is 0.335 e. The molecule has 2 aromatic heterocycles. The monoisotopic (exact) mass is 506 g/mol. The molecule has 0 aliphatic rings. The summed E-state index contributed by atoms with van der Waals surface area (Å²) in [6, 6.07) is 22.1. The van der Waals surface area contributed by atoms with E-state index in [0.717, 1.165) is 17.3 Å². The summed E-state index contributed by atoms with van der Waals surface area (Å²) in [5.41, 5.74) is 3.18. The fourth-order valence-electron chi connectivity index (χ4n) is 4.43. The van der Waals surface area contributed by atoms with Crippen LogP contribution in [0, 0.1) is 13.8 Å². The molecule has 9 heteroatoms. The van der Waals surface area contributed by atoms with Crippen molar-refractivity contribution in [1.29, 1.82) is 0 Å². The average molecular weight is 507 g/mol. The summed E-state index contributed by atoms with van der Waals surface area (Å²) in [5, 5.41) is 23.9. The van der Waals surface area contributed by atoms with Gasteiger partial charge in [0.05, 0.1) is 28.2 Å². The zero-order valence-electron chi connectivity index (χ0n) is 20.5. The van der Waals surface area contributed by atoms with Gasteiger partial charge in [0.1, 0.15) is 0 Å². The number of carbonyl (C=O) groups is 2. The first kappa shape index (κ1) is 24.4. The average Bonchev–Trinajstić information content (AvgIpc) is 3.20. The van der Waals surface area contributed by atoms with Crippen molar-refractivity contribution < 1.29 is 19.8 Å². The maximum atomic E-state index is 13.4. The Hall–Kier alpha value is -5.31. The fourth-order valence-corrected chi connectivity index (χ4v) is 4.43. The van der Waals surface area contributed by atoms with E-state index in [4.69, 9.17) is 4.98 Å². The van der Waals surface area contributed by atoms with Crippen molar-refractivity contribution in [3.05, 3.63) is 117 Å². The number of carboxylic acids is 2. The Balaban J connectivity index is 1.65. The molecule has 0 radical (unpaired) electrons. The molecular formula is C29H22N4O5. The molecule has 2 heterocycles.